The highest BCUT2D eigenvalue weighted by Crippen LogP contribution is 2.25. The maximum absolute atomic E-state index is 13.6. The summed E-state index contributed by atoms with van der Waals surface area (Å²) >= 11 is 0. The first-order valence-corrected chi connectivity index (χ1v) is 5.61. The van der Waals surface area contributed by atoms with Crippen LogP contribution in [0.2, 0.25) is 0 Å². The Balaban J connectivity index is 2.29. The van der Waals surface area contributed by atoms with Crippen LogP contribution in [-0.2, 0) is 4.74 Å². The number of carbonyl (C=O) groups is 1. The zero-order valence-corrected chi connectivity index (χ0v) is 9.80. The molecule has 17 heavy (non-hydrogen) atoms. The van der Waals surface area contributed by atoms with E-state index in [-0.39, 0.29) is 35.5 Å². The minimum absolute atomic E-state index is 0.00214. The molecule has 1 aliphatic rings. The molecule has 1 heterocycles. The molecule has 0 aliphatic carbocycles. The molecule has 1 aromatic rings. The average Bonchev–Trinajstić information content (AvgIpc) is 2.72. The monoisotopic (exact) mass is 240 g/mol. The summed E-state index contributed by atoms with van der Waals surface area (Å²) < 4.78 is 32.2. The van der Waals surface area contributed by atoms with Gasteiger partial charge in [-0.05, 0) is 31.9 Å². The number of halogens is 2. The van der Waals surface area contributed by atoms with E-state index in [4.69, 9.17) is 4.74 Å². The number of aryl methyl sites for hydroxylation is 1. The summed E-state index contributed by atoms with van der Waals surface area (Å²) in [4.78, 5) is 12.0. The van der Waals surface area contributed by atoms with E-state index >= 15 is 0 Å². The second-order valence-electron chi connectivity index (χ2n) is 4.50. The smallest absolute Gasteiger partial charge is 0.171 e. The van der Waals surface area contributed by atoms with Crippen molar-refractivity contribution in [3.05, 3.63) is 34.9 Å². The summed E-state index contributed by atoms with van der Waals surface area (Å²) in [6.07, 6.45) is 0.565. The van der Waals surface area contributed by atoms with Gasteiger partial charge in [-0.3, -0.25) is 4.79 Å². The van der Waals surface area contributed by atoms with Gasteiger partial charge >= 0.3 is 0 Å². The Bertz CT molecular complexity index is 457. The SMILES string of the molecule is Cc1ccc(C(=O)C2COC(C)C2)c(F)c1F. The summed E-state index contributed by atoms with van der Waals surface area (Å²) in [5.74, 6) is -2.72. The van der Waals surface area contributed by atoms with E-state index in [2.05, 4.69) is 0 Å². The van der Waals surface area contributed by atoms with Gasteiger partial charge in [0.1, 0.15) is 0 Å². The lowest BCUT2D eigenvalue weighted by atomic mass is 9.94. The number of carbonyl (C=O) groups excluding carboxylic acids is 1. The predicted molar refractivity (Wildman–Crippen MR) is 58.9 cm³/mol. The molecule has 4 heteroatoms. The van der Waals surface area contributed by atoms with E-state index in [0.717, 1.165) is 0 Å². The summed E-state index contributed by atoms with van der Waals surface area (Å²) in [6.45, 7) is 3.61. The molecule has 1 aromatic carbocycles. The molecule has 2 rings (SSSR count). The summed E-state index contributed by atoms with van der Waals surface area (Å²) in [6, 6.07) is 2.77. The molecule has 1 aliphatic heterocycles. The molecule has 0 spiro atoms. The number of ether oxygens (including phenoxy) is 1. The van der Waals surface area contributed by atoms with E-state index in [1.165, 1.54) is 19.1 Å². The molecule has 2 nitrogen and oxygen atoms in total. The van der Waals surface area contributed by atoms with E-state index in [9.17, 15) is 13.6 Å². The fourth-order valence-corrected chi connectivity index (χ4v) is 2.06. The average molecular weight is 240 g/mol. The Morgan fingerprint density at radius 2 is 2.06 bits per heavy atom. The second-order valence-corrected chi connectivity index (χ2v) is 4.50. The predicted octanol–water partition coefficient (Wildman–Crippen LogP) is 2.88. The summed E-state index contributed by atoms with van der Waals surface area (Å²) in [5.41, 5.74) is 0.0332. The van der Waals surface area contributed by atoms with Gasteiger partial charge in [0.2, 0.25) is 0 Å². The molecular formula is C13H14F2O2. The van der Waals surface area contributed by atoms with Crippen LogP contribution in [0.15, 0.2) is 12.1 Å². The zero-order valence-electron chi connectivity index (χ0n) is 9.80. The number of hydrogen-bond donors (Lipinski definition) is 0. The summed E-state index contributed by atoms with van der Waals surface area (Å²) in [5, 5.41) is 0. The second kappa shape index (κ2) is 4.53. The molecule has 0 aromatic heterocycles. The van der Waals surface area contributed by atoms with Crippen LogP contribution in [0.3, 0.4) is 0 Å². The van der Waals surface area contributed by atoms with Crippen molar-refractivity contribution in [3.63, 3.8) is 0 Å². The minimum atomic E-state index is -1.05. The quantitative estimate of drug-likeness (QED) is 0.743. The zero-order chi connectivity index (χ0) is 12.6. The third kappa shape index (κ3) is 2.22. The first-order valence-electron chi connectivity index (χ1n) is 5.61. The Morgan fingerprint density at radius 3 is 2.65 bits per heavy atom. The Kier molecular flexibility index (Phi) is 3.24. The molecule has 0 bridgehead atoms. The third-order valence-electron chi connectivity index (χ3n) is 3.11. The first-order chi connectivity index (χ1) is 8.00. The van der Waals surface area contributed by atoms with Crippen LogP contribution in [0.5, 0.6) is 0 Å². The molecule has 1 fully saturated rings. The number of rotatable bonds is 2. The van der Waals surface area contributed by atoms with Crippen LogP contribution >= 0.6 is 0 Å². The number of hydrogen-bond acceptors (Lipinski definition) is 2. The largest absolute Gasteiger partial charge is 0.378 e. The number of benzene rings is 1. The van der Waals surface area contributed by atoms with E-state index < -0.39 is 11.6 Å². The van der Waals surface area contributed by atoms with Crippen LogP contribution in [-0.4, -0.2) is 18.5 Å². The van der Waals surface area contributed by atoms with Crippen molar-refractivity contribution >= 4 is 5.78 Å². The van der Waals surface area contributed by atoms with Gasteiger partial charge in [0.25, 0.3) is 0 Å². The van der Waals surface area contributed by atoms with Crippen molar-refractivity contribution in [1.29, 1.82) is 0 Å². The fraction of sp³-hybridized carbons (Fsp3) is 0.462. The third-order valence-corrected chi connectivity index (χ3v) is 3.11. The first kappa shape index (κ1) is 12.2. The van der Waals surface area contributed by atoms with Crippen molar-refractivity contribution in [2.75, 3.05) is 6.61 Å². The van der Waals surface area contributed by atoms with Crippen molar-refractivity contribution < 1.29 is 18.3 Å². The van der Waals surface area contributed by atoms with Gasteiger partial charge in [0.15, 0.2) is 17.4 Å². The topological polar surface area (TPSA) is 26.3 Å². The molecular weight excluding hydrogens is 226 g/mol. The molecule has 2 atom stereocenters. The Labute approximate surface area is 98.6 Å². The lowest BCUT2D eigenvalue weighted by Crippen LogP contribution is -2.17. The van der Waals surface area contributed by atoms with Gasteiger partial charge in [-0.2, -0.15) is 0 Å². The van der Waals surface area contributed by atoms with E-state index in [1.807, 2.05) is 6.92 Å². The standard InChI is InChI=1S/C13H14F2O2/c1-7-3-4-10(12(15)11(7)14)13(16)9-5-8(2)17-6-9/h3-4,8-9H,5-6H2,1-2H3. The number of ketones is 1. The van der Waals surface area contributed by atoms with Gasteiger partial charge in [-0.15, -0.1) is 0 Å². The molecule has 0 radical (unpaired) electrons. The highest BCUT2D eigenvalue weighted by atomic mass is 19.2. The molecule has 1 saturated heterocycles. The van der Waals surface area contributed by atoms with Gasteiger partial charge in [0.05, 0.1) is 18.3 Å². The van der Waals surface area contributed by atoms with Gasteiger partial charge in [-0.1, -0.05) is 6.07 Å². The Hall–Kier alpha value is -1.29. The highest BCUT2D eigenvalue weighted by Gasteiger charge is 2.31. The van der Waals surface area contributed by atoms with Crippen LogP contribution in [0.1, 0.15) is 29.3 Å². The maximum atomic E-state index is 13.6. The van der Waals surface area contributed by atoms with E-state index in [1.54, 1.807) is 0 Å². The lowest BCUT2D eigenvalue weighted by molar-refractivity contribution is 0.0873. The number of Topliss-reactive ketones (excluding diaryl/α,β-unsaturated/α-hetero) is 1. The van der Waals surface area contributed by atoms with Crippen LogP contribution in [0.25, 0.3) is 0 Å². The van der Waals surface area contributed by atoms with Gasteiger partial charge in [0, 0.05) is 5.92 Å². The van der Waals surface area contributed by atoms with Crippen molar-refractivity contribution in [1.82, 2.24) is 0 Å². The van der Waals surface area contributed by atoms with Gasteiger partial charge < -0.3 is 4.74 Å². The normalized spacial score (nSPS) is 24.0. The van der Waals surface area contributed by atoms with Crippen LogP contribution in [0.4, 0.5) is 8.78 Å². The lowest BCUT2D eigenvalue weighted by Gasteiger charge is -2.09. The summed E-state index contributed by atoms with van der Waals surface area (Å²) in [7, 11) is 0. The molecule has 0 saturated carbocycles. The van der Waals surface area contributed by atoms with Crippen LogP contribution in [0, 0.1) is 24.5 Å². The maximum Gasteiger partial charge on any atom is 0.171 e. The minimum Gasteiger partial charge on any atom is -0.378 e. The molecule has 2 unspecified atom stereocenters. The highest BCUT2D eigenvalue weighted by molar-refractivity contribution is 5.98. The Morgan fingerprint density at radius 1 is 1.35 bits per heavy atom. The van der Waals surface area contributed by atoms with Crippen LogP contribution < -0.4 is 0 Å². The van der Waals surface area contributed by atoms with E-state index in [0.29, 0.717) is 6.42 Å². The molecule has 92 valence electrons. The fourth-order valence-electron chi connectivity index (χ4n) is 2.06. The van der Waals surface area contributed by atoms with Crippen molar-refractivity contribution in [3.8, 4) is 0 Å². The van der Waals surface area contributed by atoms with Crippen molar-refractivity contribution in [2.24, 2.45) is 5.92 Å². The molecule has 0 amide bonds. The van der Waals surface area contributed by atoms with Crippen molar-refractivity contribution in [2.45, 2.75) is 26.4 Å². The molecule has 0 N–H and O–H groups in total. The van der Waals surface area contributed by atoms with Gasteiger partial charge in [-0.25, -0.2) is 8.78 Å².